The van der Waals surface area contributed by atoms with Gasteiger partial charge in [0.25, 0.3) is 5.91 Å². The molecule has 1 aromatic rings. The van der Waals surface area contributed by atoms with Gasteiger partial charge in [-0.25, -0.2) is 4.79 Å². The van der Waals surface area contributed by atoms with E-state index < -0.39 is 12.6 Å². The molecule has 0 unspecified atom stereocenters. The lowest BCUT2D eigenvalue weighted by Crippen LogP contribution is -2.44. The van der Waals surface area contributed by atoms with Crippen LogP contribution in [0.25, 0.3) is 0 Å². The van der Waals surface area contributed by atoms with E-state index in [4.69, 9.17) is 9.84 Å². The zero-order valence-electron chi connectivity index (χ0n) is 15.4. The molecule has 1 N–H and O–H groups in total. The Morgan fingerprint density at radius 3 is 2.63 bits per heavy atom. The fourth-order valence-electron chi connectivity index (χ4n) is 3.73. The topological polar surface area (TPSA) is 87.2 Å². The van der Waals surface area contributed by atoms with E-state index in [-0.39, 0.29) is 11.8 Å². The van der Waals surface area contributed by atoms with Crippen LogP contribution in [-0.2, 0) is 9.59 Å². The number of nitrogens with zero attached hydrogens (tertiary/aromatic N) is 2. The Morgan fingerprint density at radius 2 is 1.93 bits per heavy atom. The van der Waals surface area contributed by atoms with Gasteiger partial charge in [0.2, 0.25) is 5.91 Å². The molecular weight excluding hydrogens is 348 g/mol. The molecule has 0 radical (unpaired) electrons. The van der Waals surface area contributed by atoms with Gasteiger partial charge in [-0.2, -0.15) is 0 Å². The van der Waals surface area contributed by atoms with E-state index in [0.29, 0.717) is 36.7 Å². The van der Waals surface area contributed by atoms with Crippen LogP contribution in [0.4, 0.5) is 0 Å². The van der Waals surface area contributed by atoms with Crippen LogP contribution >= 0.6 is 0 Å². The Bertz CT molecular complexity index is 697. The van der Waals surface area contributed by atoms with Crippen molar-refractivity contribution in [2.45, 2.75) is 32.1 Å². The van der Waals surface area contributed by atoms with Gasteiger partial charge in [0, 0.05) is 38.2 Å². The van der Waals surface area contributed by atoms with Gasteiger partial charge in [0.1, 0.15) is 5.75 Å². The molecule has 0 atom stereocenters. The molecule has 146 valence electrons. The highest BCUT2D eigenvalue weighted by atomic mass is 16.5. The summed E-state index contributed by atoms with van der Waals surface area (Å²) in [7, 11) is 0. The lowest BCUT2D eigenvalue weighted by atomic mass is 9.94. The molecule has 2 aliphatic rings. The zero-order valence-corrected chi connectivity index (χ0v) is 15.4. The van der Waals surface area contributed by atoms with Gasteiger partial charge in [-0.3, -0.25) is 9.59 Å². The van der Waals surface area contributed by atoms with Crippen molar-refractivity contribution in [3.8, 4) is 5.75 Å². The smallest absolute Gasteiger partial charge is 0.341 e. The molecule has 2 saturated heterocycles. The molecule has 0 bridgehead atoms. The third-order valence-corrected chi connectivity index (χ3v) is 5.25. The van der Waals surface area contributed by atoms with Crippen LogP contribution < -0.4 is 4.74 Å². The van der Waals surface area contributed by atoms with E-state index in [2.05, 4.69) is 0 Å². The average Bonchev–Trinajstić information content (AvgIpc) is 2.68. The van der Waals surface area contributed by atoms with Gasteiger partial charge in [-0.15, -0.1) is 0 Å². The second-order valence-electron chi connectivity index (χ2n) is 7.24. The number of carbonyl (C=O) groups is 3. The minimum Gasteiger partial charge on any atom is -0.482 e. The van der Waals surface area contributed by atoms with Gasteiger partial charge in [0.15, 0.2) is 6.61 Å². The number of rotatable bonds is 6. The van der Waals surface area contributed by atoms with E-state index >= 15 is 0 Å². The first-order valence-electron chi connectivity index (χ1n) is 9.54. The lowest BCUT2D eigenvalue weighted by Gasteiger charge is -2.36. The first-order valence-corrected chi connectivity index (χ1v) is 9.54. The molecule has 7 heteroatoms. The van der Waals surface area contributed by atoms with Crippen molar-refractivity contribution >= 4 is 17.8 Å². The van der Waals surface area contributed by atoms with Crippen LogP contribution in [0.2, 0.25) is 0 Å². The van der Waals surface area contributed by atoms with Gasteiger partial charge in [-0.1, -0.05) is 6.07 Å². The first-order chi connectivity index (χ1) is 13.0. The highest BCUT2D eigenvalue weighted by Gasteiger charge is 2.27. The number of carbonyl (C=O) groups excluding carboxylic acids is 2. The lowest BCUT2D eigenvalue weighted by molar-refractivity contribution is -0.139. The number of hydrogen-bond donors (Lipinski definition) is 1. The summed E-state index contributed by atoms with van der Waals surface area (Å²) in [5.74, 6) is -0.0368. The quantitative estimate of drug-likeness (QED) is 0.823. The number of carboxylic acid groups (broad SMARTS) is 1. The summed E-state index contributed by atoms with van der Waals surface area (Å²) in [5, 5.41) is 8.69. The summed E-state index contributed by atoms with van der Waals surface area (Å²) < 4.78 is 5.15. The van der Waals surface area contributed by atoms with Gasteiger partial charge in [0.05, 0.1) is 0 Å². The summed E-state index contributed by atoms with van der Waals surface area (Å²) in [6.07, 6.45) is 4.54. The second-order valence-corrected chi connectivity index (χ2v) is 7.24. The Morgan fingerprint density at radius 1 is 1.15 bits per heavy atom. The monoisotopic (exact) mass is 374 g/mol. The number of piperidine rings is 2. The van der Waals surface area contributed by atoms with Crippen molar-refractivity contribution in [1.82, 2.24) is 9.80 Å². The largest absolute Gasteiger partial charge is 0.482 e. The summed E-state index contributed by atoms with van der Waals surface area (Å²) in [6.45, 7) is 2.58. The number of aliphatic carboxylic acids is 1. The number of carboxylic acids is 1. The van der Waals surface area contributed by atoms with Crippen molar-refractivity contribution in [3.63, 3.8) is 0 Å². The zero-order chi connectivity index (χ0) is 19.2. The minimum atomic E-state index is -1.05. The van der Waals surface area contributed by atoms with Gasteiger partial charge >= 0.3 is 5.97 Å². The maximum Gasteiger partial charge on any atom is 0.341 e. The molecule has 0 aromatic heterocycles. The van der Waals surface area contributed by atoms with Crippen molar-refractivity contribution in [3.05, 3.63) is 29.8 Å². The molecule has 0 saturated carbocycles. The van der Waals surface area contributed by atoms with Crippen LogP contribution in [0, 0.1) is 5.92 Å². The number of hydrogen-bond acceptors (Lipinski definition) is 4. The summed E-state index contributed by atoms with van der Waals surface area (Å²) in [4.78, 5) is 39.1. The molecule has 0 spiro atoms. The molecule has 2 amide bonds. The van der Waals surface area contributed by atoms with Crippen LogP contribution in [0.1, 0.15) is 42.5 Å². The van der Waals surface area contributed by atoms with Crippen LogP contribution in [0.3, 0.4) is 0 Å². The maximum atomic E-state index is 12.7. The van der Waals surface area contributed by atoms with Gasteiger partial charge < -0.3 is 19.6 Å². The number of benzene rings is 1. The molecule has 3 rings (SSSR count). The molecule has 2 aliphatic heterocycles. The molecule has 27 heavy (non-hydrogen) atoms. The average molecular weight is 374 g/mol. The summed E-state index contributed by atoms with van der Waals surface area (Å²) in [5.41, 5.74) is 0.502. The van der Waals surface area contributed by atoms with Crippen LogP contribution in [0.15, 0.2) is 24.3 Å². The van der Waals surface area contributed by atoms with Crippen LogP contribution in [-0.4, -0.2) is 65.5 Å². The third-order valence-electron chi connectivity index (χ3n) is 5.25. The normalized spacial score (nSPS) is 18.4. The molecular formula is C20H26N2O5. The molecule has 7 nitrogen and oxygen atoms in total. The van der Waals surface area contributed by atoms with Gasteiger partial charge in [-0.05, 0) is 49.8 Å². The highest BCUT2D eigenvalue weighted by Crippen LogP contribution is 2.23. The molecule has 1 aromatic carbocycles. The van der Waals surface area contributed by atoms with E-state index in [1.807, 2.05) is 9.80 Å². The Kier molecular flexibility index (Phi) is 6.32. The van der Waals surface area contributed by atoms with Crippen molar-refractivity contribution in [2.24, 2.45) is 5.92 Å². The summed E-state index contributed by atoms with van der Waals surface area (Å²) >= 11 is 0. The molecule has 0 aliphatic carbocycles. The Balaban J connectivity index is 1.51. The standard InChI is InChI=1S/C20H26N2O5/c23-18-6-1-2-9-22(18)13-15-7-10-21(11-8-15)20(26)16-4-3-5-17(12-16)27-14-19(24)25/h3-5,12,15H,1-2,6-11,13-14H2,(H,24,25). The fourth-order valence-corrected chi connectivity index (χ4v) is 3.73. The van der Waals surface area contributed by atoms with E-state index in [9.17, 15) is 14.4 Å². The van der Waals surface area contributed by atoms with E-state index in [1.54, 1.807) is 24.3 Å². The van der Waals surface area contributed by atoms with Crippen molar-refractivity contribution in [2.75, 3.05) is 32.8 Å². The second kappa shape index (κ2) is 8.88. The predicted octanol–water partition coefficient (Wildman–Crippen LogP) is 2.01. The SMILES string of the molecule is O=C(O)COc1cccc(C(=O)N2CCC(CN3CCCCC3=O)CC2)c1. The predicted molar refractivity (Wildman–Crippen MR) is 98.6 cm³/mol. The van der Waals surface area contributed by atoms with Crippen molar-refractivity contribution < 1.29 is 24.2 Å². The van der Waals surface area contributed by atoms with Crippen molar-refractivity contribution in [1.29, 1.82) is 0 Å². The number of ether oxygens (including phenoxy) is 1. The van der Waals surface area contributed by atoms with Crippen LogP contribution in [0.5, 0.6) is 5.75 Å². The van der Waals surface area contributed by atoms with E-state index in [0.717, 1.165) is 38.8 Å². The number of likely N-dealkylation sites (tertiary alicyclic amines) is 2. The van der Waals surface area contributed by atoms with E-state index in [1.165, 1.54) is 0 Å². The highest BCUT2D eigenvalue weighted by molar-refractivity contribution is 5.94. The minimum absolute atomic E-state index is 0.0664. The first kappa shape index (κ1) is 19.2. The molecule has 2 fully saturated rings. The summed E-state index contributed by atoms with van der Waals surface area (Å²) in [6, 6.07) is 6.64. The maximum absolute atomic E-state index is 12.7. The molecule has 2 heterocycles. The number of amides is 2. The fraction of sp³-hybridized carbons (Fsp3) is 0.550. The third kappa shape index (κ3) is 5.21. The Hall–Kier alpha value is -2.57. The Labute approximate surface area is 158 Å².